The molecule has 1 saturated heterocycles. The van der Waals surface area contributed by atoms with Gasteiger partial charge in [0, 0.05) is 18.1 Å². The quantitative estimate of drug-likeness (QED) is 0.841. The van der Waals surface area contributed by atoms with E-state index in [1.165, 1.54) is 4.31 Å². The van der Waals surface area contributed by atoms with Gasteiger partial charge in [0.15, 0.2) is 0 Å². The fourth-order valence-corrected chi connectivity index (χ4v) is 4.30. The van der Waals surface area contributed by atoms with Gasteiger partial charge in [-0.25, -0.2) is 12.7 Å². The average Bonchev–Trinajstić information content (AvgIpc) is 2.37. The monoisotopic (exact) mass is 347 g/mol. The fraction of sp³-hybridized carbons (Fsp3) is 0.500. The Morgan fingerprint density at radius 3 is 2.50 bits per heavy atom. The van der Waals surface area contributed by atoms with Crippen LogP contribution in [0.5, 0.6) is 0 Å². The largest absolute Gasteiger partial charge is 0.481 e. The topological polar surface area (TPSA) is 94.9 Å². The molecule has 8 heteroatoms. The lowest BCUT2D eigenvalue weighted by Crippen LogP contribution is -2.47. The molecule has 0 atom stereocenters. The Kier molecular flexibility index (Phi) is 5.11. The number of carboxylic acids is 1. The van der Waals surface area contributed by atoms with E-state index in [0.717, 1.165) is 0 Å². The lowest BCUT2D eigenvalue weighted by atomic mass is 9.89. The summed E-state index contributed by atoms with van der Waals surface area (Å²) in [6.07, 6.45) is -0.128. The van der Waals surface area contributed by atoms with Crippen molar-refractivity contribution >= 4 is 27.6 Å². The zero-order valence-corrected chi connectivity index (χ0v) is 13.5. The molecule has 0 unspecified atom stereocenters. The van der Waals surface area contributed by atoms with Gasteiger partial charge in [0.2, 0.25) is 10.0 Å². The first kappa shape index (κ1) is 17.2. The lowest BCUT2D eigenvalue weighted by Gasteiger charge is -2.36. The van der Waals surface area contributed by atoms with E-state index in [9.17, 15) is 18.3 Å². The van der Waals surface area contributed by atoms with Crippen LogP contribution in [0.15, 0.2) is 24.3 Å². The van der Waals surface area contributed by atoms with Gasteiger partial charge in [-0.05, 0) is 30.5 Å². The molecular weight excluding hydrogens is 330 g/mol. The highest BCUT2D eigenvalue weighted by atomic mass is 35.5. The van der Waals surface area contributed by atoms with Gasteiger partial charge in [0.25, 0.3) is 0 Å². The Morgan fingerprint density at radius 2 is 1.95 bits per heavy atom. The molecule has 1 aromatic carbocycles. The number of nitrogens with zero attached hydrogens (tertiary/aromatic N) is 1. The van der Waals surface area contributed by atoms with Gasteiger partial charge in [0.1, 0.15) is 0 Å². The summed E-state index contributed by atoms with van der Waals surface area (Å²) in [5, 5.41) is 19.4. The van der Waals surface area contributed by atoms with Crippen LogP contribution < -0.4 is 0 Å². The lowest BCUT2D eigenvalue weighted by molar-refractivity contribution is -0.144. The Balaban J connectivity index is 2.02. The van der Waals surface area contributed by atoms with Crippen molar-refractivity contribution in [2.75, 3.05) is 13.1 Å². The molecule has 1 heterocycles. The highest BCUT2D eigenvalue weighted by Crippen LogP contribution is 2.28. The zero-order valence-electron chi connectivity index (χ0n) is 11.9. The van der Waals surface area contributed by atoms with Gasteiger partial charge in [-0.1, -0.05) is 23.7 Å². The SMILES string of the molecule is O=C(O)CC1(O)CCN(S(=O)(=O)Cc2cccc(Cl)c2)CC1. The maximum absolute atomic E-state index is 12.4. The molecule has 0 radical (unpaired) electrons. The Morgan fingerprint density at radius 1 is 1.32 bits per heavy atom. The minimum atomic E-state index is -3.52. The molecule has 2 N–H and O–H groups in total. The average molecular weight is 348 g/mol. The molecule has 2 rings (SSSR count). The summed E-state index contributed by atoms with van der Waals surface area (Å²) < 4.78 is 26.1. The number of aliphatic carboxylic acids is 1. The van der Waals surface area contributed by atoms with Crippen molar-refractivity contribution in [1.82, 2.24) is 4.31 Å². The van der Waals surface area contributed by atoms with E-state index >= 15 is 0 Å². The first-order valence-corrected chi connectivity index (χ1v) is 8.85. The molecule has 0 aliphatic carbocycles. The van der Waals surface area contributed by atoms with Crippen molar-refractivity contribution in [3.8, 4) is 0 Å². The van der Waals surface area contributed by atoms with Crippen molar-refractivity contribution in [2.24, 2.45) is 0 Å². The normalized spacial score (nSPS) is 19.0. The van der Waals surface area contributed by atoms with Gasteiger partial charge in [-0.15, -0.1) is 0 Å². The number of benzene rings is 1. The summed E-state index contributed by atoms with van der Waals surface area (Å²) in [5.74, 6) is -1.25. The summed E-state index contributed by atoms with van der Waals surface area (Å²) in [7, 11) is -3.52. The second kappa shape index (κ2) is 6.54. The van der Waals surface area contributed by atoms with Crippen LogP contribution in [0.25, 0.3) is 0 Å². The van der Waals surface area contributed by atoms with E-state index in [1.54, 1.807) is 24.3 Å². The van der Waals surface area contributed by atoms with E-state index in [1.807, 2.05) is 0 Å². The standard InChI is InChI=1S/C14H18ClNO5S/c15-12-3-1-2-11(8-12)10-22(20,21)16-6-4-14(19,5-7-16)9-13(17)18/h1-3,8,19H,4-7,9-10H2,(H,17,18). The zero-order chi connectivity index (χ0) is 16.4. The number of hydrogen-bond donors (Lipinski definition) is 2. The highest BCUT2D eigenvalue weighted by Gasteiger charge is 2.37. The van der Waals surface area contributed by atoms with Crippen LogP contribution in [0.3, 0.4) is 0 Å². The molecule has 1 aliphatic heterocycles. The third kappa shape index (κ3) is 4.42. The number of halogens is 1. The number of hydrogen-bond acceptors (Lipinski definition) is 4. The molecule has 0 saturated carbocycles. The molecule has 0 bridgehead atoms. The third-order valence-electron chi connectivity index (χ3n) is 3.76. The van der Waals surface area contributed by atoms with Crippen LogP contribution in [-0.2, 0) is 20.6 Å². The van der Waals surface area contributed by atoms with Crippen molar-refractivity contribution < 1.29 is 23.4 Å². The number of aliphatic hydroxyl groups is 1. The van der Waals surface area contributed by atoms with Crippen LogP contribution in [0.4, 0.5) is 0 Å². The molecule has 0 spiro atoms. The molecule has 1 aliphatic rings. The van der Waals surface area contributed by atoms with Crippen LogP contribution in [0, 0.1) is 0 Å². The van der Waals surface area contributed by atoms with Gasteiger partial charge in [-0.2, -0.15) is 0 Å². The first-order chi connectivity index (χ1) is 10.2. The molecule has 6 nitrogen and oxygen atoms in total. The number of carbonyl (C=O) groups is 1. The van der Waals surface area contributed by atoms with Crippen LogP contribution >= 0.6 is 11.6 Å². The van der Waals surface area contributed by atoms with Crippen LogP contribution in [0.2, 0.25) is 5.02 Å². The number of carboxylic acid groups (broad SMARTS) is 1. The minimum Gasteiger partial charge on any atom is -0.481 e. The number of sulfonamides is 1. The second-order valence-electron chi connectivity index (χ2n) is 5.58. The van der Waals surface area contributed by atoms with Gasteiger partial charge < -0.3 is 10.2 Å². The number of piperidine rings is 1. The molecule has 1 aromatic rings. The fourth-order valence-electron chi connectivity index (χ4n) is 2.57. The maximum atomic E-state index is 12.4. The van der Waals surface area contributed by atoms with Gasteiger partial charge >= 0.3 is 5.97 Å². The predicted molar refractivity (Wildman–Crippen MR) is 82.1 cm³/mol. The van der Waals surface area contributed by atoms with E-state index in [0.29, 0.717) is 10.6 Å². The Labute approximate surface area is 134 Å². The van der Waals surface area contributed by atoms with Gasteiger partial charge in [0.05, 0.1) is 17.8 Å². The molecule has 1 fully saturated rings. The molecule has 0 aromatic heterocycles. The van der Waals surface area contributed by atoms with Crippen LogP contribution in [-0.4, -0.2) is 47.6 Å². The summed E-state index contributed by atoms with van der Waals surface area (Å²) in [6, 6.07) is 6.65. The summed E-state index contributed by atoms with van der Waals surface area (Å²) in [6.45, 7) is 0.235. The second-order valence-corrected chi connectivity index (χ2v) is 7.99. The van der Waals surface area contributed by atoms with E-state index in [-0.39, 0.29) is 38.1 Å². The predicted octanol–water partition coefficient (Wildman–Crippen LogP) is 1.47. The van der Waals surface area contributed by atoms with Crippen LogP contribution in [0.1, 0.15) is 24.8 Å². The molecule has 22 heavy (non-hydrogen) atoms. The maximum Gasteiger partial charge on any atom is 0.306 e. The summed E-state index contributed by atoms with van der Waals surface area (Å²) in [5.41, 5.74) is -0.729. The molecule has 0 amide bonds. The summed E-state index contributed by atoms with van der Waals surface area (Å²) >= 11 is 5.85. The Hall–Kier alpha value is -1.15. The Bertz CT molecular complexity index is 653. The minimum absolute atomic E-state index is 0.118. The summed E-state index contributed by atoms with van der Waals surface area (Å²) in [4.78, 5) is 10.7. The highest BCUT2D eigenvalue weighted by molar-refractivity contribution is 7.88. The molecular formula is C14H18ClNO5S. The van der Waals surface area contributed by atoms with Crippen molar-refractivity contribution in [3.05, 3.63) is 34.9 Å². The van der Waals surface area contributed by atoms with Crippen molar-refractivity contribution in [1.29, 1.82) is 0 Å². The number of rotatable bonds is 5. The van der Waals surface area contributed by atoms with E-state index in [2.05, 4.69) is 0 Å². The smallest absolute Gasteiger partial charge is 0.306 e. The van der Waals surface area contributed by atoms with Crippen molar-refractivity contribution in [3.63, 3.8) is 0 Å². The first-order valence-electron chi connectivity index (χ1n) is 6.87. The molecule has 122 valence electrons. The third-order valence-corrected chi connectivity index (χ3v) is 5.85. The van der Waals surface area contributed by atoms with Crippen molar-refractivity contribution in [2.45, 2.75) is 30.6 Å². The van der Waals surface area contributed by atoms with E-state index in [4.69, 9.17) is 16.7 Å². The van der Waals surface area contributed by atoms with E-state index < -0.39 is 21.6 Å². The van der Waals surface area contributed by atoms with Gasteiger partial charge in [-0.3, -0.25) is 4.79 Å².